The molecular formula is C15H17N3O3. The van der Waals surface area contributed by atoms with Crippen molar-refractivity contribution in [3.63, 3.8) is 0 Å². The van der Waals surface area contributed by atoms with Crippen molar-refractivity contribution in [2.24, 2.45) is 0 Å². The van der Waals surface area contributed by atoms with Gasteiger partial charge in [-0.25, -0.2) is 14.8 Å². The summed E-state index contributed by atoms with van der Waals surface area (Å²) in [7, 11) is 1.70. The van der Waals surface area contributed by atoms with Crippen LogP contribution in [0.15, 0.2) is 24.3 Å². The molecule has 0 radical (unpaired) electrons. The lowest BCUT2D eigenvalue weighted by molar-refractivity contribution is 0.0684. The SMILES string of the molecule is COC1CCCC1Nc1nc(C(=O)O)nc2ccccc12. The fourth-order valence-corrected chi connectivity index (χ4v) is 2.83. The molecule has 3 rings (SSSR count). The van der Waals surface area contributed by atoms with Gasteiger partial charge in [0.1, 0.15) is 5.82 Å². The maximum atomic E-state index is 11.2. The van der Waals surface area contributed by atoms with Crippen molar-refractivity contribution >= 4 is 22.7 Å². The average Bonchev–Trinajstić information content (AvgIpc) is 2.94. The molecule has 0 aliphatic heterocycles. The third-order valence-corrected chi connectivity index (χ3v) is 3.87. The van der Waals surface area contributed by atoms with Crippen molar-refractivity contribution in [1.82, 2.24) is 9.97 Å². The summed E-state index contributed by atoms with van der Waals surface area (Å²) in [6.07, 6.45) is 3.21. The van der Waals surface area contributed by atoms with Gasteiger partial charge in [0, 0.05) is 12.5 Å². The molecule has 0 bridgehead atoms. The van der Waals surface area contributed by atoms with Gasteiger partial charge in [0.2, 0.25) is 5.82 Å². The molecule has 0 amide bonds. The van der Waals surface area contributed by atoms with Gasteiger partial charge in [-0.2, -0.15) is 0 Å². The first-order valence-corrected chi connectivity index (χ1v) is 6.98. The number of fused-ring (bicyclic) bond motifs is 1. The highest BCUT2D eigenvalue weighted by atomic mass is 16.5. The number of carboxylic acid groups (broad SMARTS) is 1. The number of aromatic carboxylic acids is 1. The summed E-state index contributed by atoms with van der Waals surface area (Å²) in [5, 5.41) is 13.3. The standard InChI is InChI=1S/C15H17N3O3/c1-21-12-8-4-7-11(12)17-13-9-5-2-3-6-10(9)16-14(18-13)15(19)20/h2-3,5-6,11-12H,4,7-8H2,1H3,(H,19,20)(H,16,17,18). The van der Waals surface area contributed by atoms with Gasteiger partial charge in [-0.15, -0.1) is 0 Å². The molecule has 1 fully saturated rings. The molecule has 2 unspecified atom stereocenters. The number of rotatable bonds is 4. The number of carboxylic acids is 1. The minimum absolute atomic E-state index is 0.131. The molecule has 1 saturated carbocycles. The lowest BCUT2D eigenvalue weighted by Crippen LogP contribution is -2.30. The minimum Gasteiger partial charge on any atom is -0.475 e. The van der Waals surface area contributed by atoms with Gasteiger partial charge in [0.25, 0.3) is 0 Å². The molecule has 0 spiro atoms. The zero-order valence-corrected chi connectivity index (χ0v) is 11.7. The van der Waals surface area contributed by atoms with Crippen LogP contribution in [0.1, 0.15) is 29.9 Å². The first-order chi connectivity index (χ1) is 10.2. The van der Waals surface area contributed by atoms with Crippen LogP contribution >= 0.6 is 0 Å². The molecule has 1 aromatic carbocycles. The Bertz CT molecular complexity index is 674. The Kier molecular flexibility index (Phi) is 3.70. The summed E-state index contributed by atoms with van der Waals surface area (Å²) >= 11 is 0. The fraction of sp³-hybridized carbons (Fsp3) is 0.400. The molecule has 1 aliphatic carbocycles. The van der Waals surface area contributed by atoms with Gasteiger partial charge >= 0.3 is 5.97 Å². The summed E-state index contributed by atoms with van der Waals surface area (Å²) in [6.45, 7) is 0. The first kappa shape index (κ1) is 13.8. The van der Waals surface area contributed by atoms with Gasteiger partial charge in [0.15, 0.2) is 0 Å². The Hall–Kier alpha value is -2.21. The molecule has 1 heterocycles. The number of benzene rings is 1. The topological polar surface area (TPSA) is 84.3 Å². The Morgan fingerprint density at radius 2 is 2.14 bits per heavy atom. The van der Waals surface area contributed by atoms with E-state index in [1.165, 1.54) is 0 Å². The molecule has 6 nitrogen and oxygen atoms in total. The molecule has 2 aromatic rings. The Balaban J connectivity index is 2.01. The molecular weight excluding hydrogens is 270 g/mol. The van der Waals surface area contributed by atoms with E-state index in [-0.39, 0.29) is 18.0 Å². The van der Waals surface area contributed by atoms with Gasteiger partial charge in [-0.05, 0) is 31.4 Å². The van der Waals surface area contributed by atoms with Crippen LogP contribution in [0.2, 0.25) is 0 Å². The summed E-state index contributed by atoms with van der Waals surface area (Å²) < 4.78 is 5.46. The summed E-state index contributed by atoms with van der Waals surface area (Å²) in [6, 6.07) is 7.55. The van der Waals surface area contributed by atoms with Gasteiger partial charge in [-0.3, -0.25) is 0 Å². The van der Waals surface area contributed by atoms with E-state index >= 15 is 0 Å². The number of nitrogens with zero attached hydrogens (tertiary/aromatic N) is 2. The Morgan fingerprint density at radius 1 is 1.33 bits per heavy atom. The second-order valence-electron chi connectivity index (χ2n) is 5.17. The number of para-hydroxylation sites is 1. The Morgan fingerprint density at radius 3 is 2.90 bits per heavy atom. The van der Waals surface area contributed by atoms with E-state index in [9.17, 15) is 4.79 Å². The monoisotopic (exact) mass is 287 g/mol. The van der Waals surface area contributed by atoms with E-state index < -0.39 is 5.97 Å². The maximum absolute atomic E-state index is 11.2. The number of carbonyl (C=O) groups is 1. The number of ether oxygens (including phenoxy) is 1. The molecule has 0 saturated heterocycles. The third kappa shape index (κ3) is 2.67. The molecule has 1 aliphatic rings. The molecule has 2 N–H and O–H groups in total. The van der Waals surface area contributed by atoms with Gasteiger partial charge in [-0.1, -0.05) is 12.1 Å². The quantitative estimate of drug-likeness (QED) is 0.897. The highest BCUT2D eigenvalue weighted by molar-refractivity contribution is 5.93. The van der Waals surface area contributed by atoms with E-state index in [2.05, 4.69) is 15.3 Å². The lowest BCUT2D eigenvalue weighted by atomic mass is 10.2. The third-order valence-electron chi connectivity index (χ3n) is 3.87. The van der Waals surface area contributed by atoms with Gasteiger partial charge in [0.05, 0.1) is 17.7 Å². The van der Waals surface area contributed by atoms with E-state index in [0.717, 1.165) is 24.6 Å². The zero-order valence-electron chi connectivity index (χ0n) is 11.7. The maximum Gasteiger partial charge on any atom is 0.374 e. The molecule has 6 heteroatoms. The summed E-state index contributed by atoms with van der Waals surface area (Å²) in [4.78, 5) is 19.4. The van der Waals surface area contributed by atoms with Crippen LogP contribution in [-0.4, -0.2) is 40.3 Å². The number of aromatic nitrogens is 2. The fourth-order valence-electron chi connectivity index (χ4n) is 2.83. The van der Waals surface area contributed by atoms with Crippen molar-refractivity contribution in [2.75, 3.05) is 12.4 Å². The highest BCUT2D eigenvalue weighted by Crippen LogP contribution is 2.27. The molecule has 110 valence electrons. The van der Waals surface area contributed by atoms with Crippen LogP contribution in [0.25, 0.3) is 10.9 Å². The lowest BCUT2D eigenvalue weighted by Gasteiger charge is -2.21. The number of anilines is 1. The smallest absolute Gasteiger partial charge is 0.374 e. The normalized spacial score (nSPS) is 21.6. The van der Waals surface area contributed by atoms with Crippen molar-refractivity contribution in [3.8, 4) is 0 Å². The molecule has 21 heavy (non-hydrogen) atoms. The second kappa shape index (κ2) is 5.65. The van der Waals surface area contributed by atoms with Crippen LogP contribution < -0.4 is 5.32 Å². The van der Waals surface area contributed by atoms with E-state index in [1.54, 1.807) is 13.2 Å². The van der Waals surface area contributed by atoms with Crippen molar-refractivity contribution in [1.29, 1.82) is 0 Å². The van der Waals surface area contributed by atoms with E-state index in [0.29, 0.717) is 11.3 Å². The first-order valence-electron chi connectivity index (χ1n) is 6.98. The zero-order chi connectivity index (χ0) is 14.8. The van der Waals surface area contributed by atoms with Crippen LogP contribution in [-0.2, 0) is 4.74 Å². The highest BCUT2D eigenvalue weighted by Gasteiger charge is 2.28. The van der Waals surface area contributed by atoms with Crippen LogP contribution in [0.5, 0.6) is 0 Å². The molecule has 1 aromatic heterocycles. The number of hydrogen-bond donors (Lipinski definition) is 2. The Labute approximate surface area is 122 Å². The van der Waals surface area contributed by atoms with Crippen molar-refractivity contribution < 1.29 is 14.6 Å². The molecule has 2 atom stereocenters. The van der Waals surface area contributed by atoms with E-state index in [4.69, 9.17) is 9.84 Å². The summed E-state index contributed by atoms with van der Waals surface area (Å²) in [5.74, 6) is -0.756. The predicted molar refractivity (Wildman–Crippen MR) is 78.6 cm³/mol. The minimum atomic E-state index is -1.13. The van der Waals surface area contributed by atoms with Gasteiger partial charge < -0.3 is 15.2 Å². The number of nitrogens with one attached hydrogen (secondary N) is 1. The van der Waals surface area contributed by atoms with Crippen molar-refractivity contribution in [3.05, 3.63) is 30.1 Å². The van der Waals surface area contributed by atoms with Crippen LogP contribution in [0.3, 0.4) is 0 Å². The number of methoxy groups -OCH3 is 1. The van der Waals surface area contributed by atoms with E-state index in [1.807, 2.05) is 18.2 Å². The largest absolute Gasteiger partial charge is 0.475 e. The van der Waals surface area contributed by atoms with Crippen molar-refractivity contribution in [2.45, 2.75) is 31.4 Å². The number of hydrogen-bond acceptors (Lipinski definition) is 5. The summed E-state index contributed by atoms with van der Waals surface area (Å²) in [5.41, 5.74) is 0.624. The second-order valence-corrected chi connectivity index (χ2v) is 5.17. The average molecular weight is 287 g/mol. The van der Waals surface area contributed by atoms with Crippen LogP contribution in [0, 0.1) is 0 Å². The predicted octanol–water partition coefficient (Wildman–Crippen LogP) is 2.31. The van der Waals surface area contributed by atoms with Crippen LogP contribution in [0.4, 0.5) is 5.82 Å².